The molecule has 1 atom stereocenters. The van der Waals surface area contributed by atoms with Gasteiger partial charge in [0.15, 0.2) is 0 Å². The highest BCUT2D eigenvalue weighted by Crippen LogP contribution is 2.12. The molecule has 0 aliphatic carbocycles. The van der Waals surface area contributed by atoms with Crippen molar-refractivity contribution in [3.63, 3.8) is 0 Å². The molecule has 0 spiro atoms. The monoisotopic (exact) mass is 191 g/mol. The summed E-state index contributed by atoms with van der Waals surface area (Å²) in [5.74, 6) is 0.750. The van der Waals surface area contributed by atoms with Crippen LogP contribution in [0.1, 0.15) is 32.8 Å². The number of rotatable bonds is 5. The molecule has 0 bridgehead atoms. The minimum Gasteiger partial charge on any atom is -0.385 e. The summed E-state index contributed by atoms with van der Waals surface area (Å²) >= 11 is 0. The van der Waals surface area contributed by atoms with Crippen LogP contribution in [-0.2, 0) is 6.42 Å². The highest BCUT2D eigenvalue weighted by molar-refractivity contribution is 5.45. The first-order valence-electron chi connectivity index (χ1n) is 5.59. The van der Waals surface area contributed by atoms with Gasteiger partial charge in [-0.3, -0.25) is 0 Å². The molecule has 0 aliphatic rings. The first-order valence-corrected chi connectivity index (χ1v) is 5.59. The lowest BCUT2D eigenvalue weighted by Crippen LogP contribution is -2.10. The normalized spacial score (nSPS) is 12.5. The van der Waals surface area contributed by atoms with Crippen LogP contribution in [0.25, 0.3) is 0 Å². The molecule has 0 saturated carbocycles. The second-order valence-corrected chi connectivity index (χ2v) is 3.95. The highest BCUT2D eigenvalue weighted by atomic mass is 14.9. The molecule has 0 saturated heterocycles. The van der Waals surface area contributed by atoms with E-state index < -0.39 is 0 Å². The van der Waals surface area contributed by atoms with Crippen LogP contribution in [0.2, 0.25) is 0 Å². The standard InChI is InChI=1S/C13H21N/c1-4-11(3)10-14-13-8-6-7-12(5-2)9-13/h6-9,11,14H,4-5,10H2,1-3H3. The number of hydrogen-bond acceptors (Lipinski definition) is 1. The lowest BCUT2D eigenvalue weighted by molar-refractivity contribution is 0.593. The van der Waals surface area contributed by atoms with Gasteiger partial charge in [0.1, 0.15) is 0 Å². The molecule has 14 heavy (non-hydrogen) atoms. The van der Waals surface area contributed by atoms with Crippen LogP contribution in [0.5, 0.6) is 0 Å². The number of anilines is 1. The quantitative estimate of drug-likeness (QED) is 0.748. The van der Waals surface area contributed by atoms with E-state index in [-0.39, 0.29) is 0 Å². The topological polar surface area (TPSA) is 12.0 Å². The third kappa shape index (κ3) is 3.41. The average molecular weight is 191 g/mol. The molecule has 78 valence electrons. The second-order valence-electron chi connectivity index (χ2n) is 3.95. The first kappa shape index (κ1) is 11.1. The van der Waals surface area contributed by atoms with Crippen molar-refractivity contribution in [1.29, 1.82) is 0 Å². The summed E-state index contributed by atoms with van der Waals surface area (Å²) in [4.78, 5) is 0. The van der Waals surface area contributed by atoms with E-state index in [0.717, 1.165) is 18.9 Å². The van der Waals surface area contributed by atoms with E-state index in [9.17, 15) is 0 Å². The van der Waals surface area contributed by atoms with E-state index in [2.05, 4.69) is 50.4 Å². The van der Waals surface area contributed by atoms with Gasteiger partial charge in [-0.2, -0.15) is 0 Å². The molecule has 0 radical (unpaired) electrons. The maximum absolute atomic E-state index is 3.47. The third-order valence-corrected chi connectivity index (χ3v) is 2.69. The van der Waals surface area contributed by atoms with Gasteiger partial charge in [-0.25, -0.2) is 0 Å². The Labute approximate surface area is 87.5 Å². The zero-order valence-corrected chi connectivity index (χ0v) is 9.51. The molecule has 0 aliphatic heterocycles. The van der Waals surface area contributed by atoms with Crippen molar-refractivity contribution in [3.8, 4) is 0 Å². The fourth-order valence-electron chi connectivity index (χ4n) is 1.34. The van der Waals surface area contributed by atoms with Gasteiger partial charge in [0.05, 0.1) is 0 Å². The average Bonchev–Trinajstić information content (AvgIpc) is 2.26. The maximum atomic E-state index is 3.47. The first-order chi connectivity index (χ1) is 6.76. The largest absolute Gasteiger partial charge is 0.385 e. The van der Waals surface area contributed by atoms with Crippen LogP contribution >= 0.6 is 0 Å². The van der Waals surface area contributed by atoms with E-state index in [4.69, 9.17) is 0 Å². The Hall–Kier alpha value is -0.980. The molecular formula is C13H21N. The zero-order chi connectivity index (χ0) is 10.4. The molecule has 1 rings (SSSR count). The molecule has 0 aromatic heterocycles. The Morgan fingerprint density at radius 1 is 1.29 bits per heavy atom. The van der Waals surface area contributed by atoms with Gasteiger partial charge in [-0.05, 0) is 30.0 Å². The summed E-state index contributed by atoms with van der Waals surface area (Å²) in [6.07, 6.45) is 2.35. The smallest absolute Gasteiger partial charge is 0.0342 e. The Morgan fingerprint density at radius 2 is 2.07 bits per heavy atom. The Balaban J connectivity index is 2.50. The number of nitrogens with one attached hydrogen (secondary N) is 1. The molecule has 0 amide bonds. The van der Waals surface area contributed by atoms with Crippen molar-refractivity contribution < 1.29 is 0 Å². The second kappa shape index (κ2) is 5.69. The highest BCUT2D eigenvalue weighted by Gasteiger charge is 1.98. The van der Waals surface area contributed by atoms with Gasteiger partial charge >= 0.3 is 0 Å². The van der Waals surface area contributed by atoms with Crippen LogP contribution in [0.15, 0.2) is 24.3 Å². The van der Waals surface area contributed by atoms with Crippen molar-refractivity contribution in [2.24, 2.45) is 5.92 Å². The molecule has 1 unspecified atom stereocenters. The van der Waals surface area contributed by atoms with Gasteiger partial charge in [0.25, 0.3) is 0 Å². The number of benzene rings is 1. The van der Waals surface area contributed by atoms with Crippen molar-refractivity contribution in [2.45, 2.75) is 33.6 Å². The fourth-order valence-corrected chi connectivity index (χ4v) is 1.34. The van der Waals surface area contributed by atoms with Crippen LogP contribution in [0.4, 0.5) is 5.69 Å². The van der Waals surface area contributed by atoms with Crippen LogP contribution in [0, 0.1) is 5.92 Å². The molecule has 1 nitrogen and oxygen atoms in total. The predicted molar refractivity (Wildman–Crippen MR) is 63.8 cm³/mol. The summed E-state index contributed by atoms with van der Waals surface area (Å²) in [6.45, 7) is 7.77. The molecule has 1 aromatic rings. The number of hydrogen-bond donors (Lipinski definition) is 1. The van der Waals surface area contributed by atoms with Crippen molar-refractivity contribution in [1.82, 2.24) is 0 Å². The van der Waals surface area contributed by atoms with Gasteiger partial charge in [0.2, 0.25) is 0 Å². The molecule has 1 N–H and O–H groups in total. The lowest BCUT2D eigenvalue weighted by Gasteiger charge is -2.11. The SMILES string of the molecule is CCc1cccc(NCC(C)CC)c1. The molecule has 1 aromatic carbocycles. The van der Waals surface area contributed by atoms with Gasteiger partial charge < -0.3 is 5.32 Å². The lowest BCUT2D eigenvalue weighted by atomic mass is 10.1. The summed E-state index contributed by atoms with van der Waals surface area (Å²) in [7, 11) is 0. The molecule has 0 heterocycles. The van der Waals surface area contributed by atoms with Crippen LogP contribution in [-0.4, -0.2) is 6.54 Å². The number of aryl methyl sites for hydroxylation is 1. The summed E-state index contributed by atoms with van der Waals surface area (Å²) in [6, 6.07) is 8.68. The minimum atomic E-state index is 0.750. The van der Waals surface area contributed by atoms with E-state index in [1.165, 1.54) is 17.7 Å². The van der Waals surface area contributed by atoms with E-state index in [1.807, 2.05) is 0 Å². The van der Waals surface area contributed by atoms with Crippen LogP contribution < -0.4 is 5.32 Å². The summed E-state index contributed by atoms with van der Waals surface area (Å²) < 4.78 is 0. The van der Waals surface area contributed by atoms with Crippen molar-refractivity contribution in [3.05, 3.63) is 29.8 Å². The summed E-state index contributed by atoms with van der Waals surface area (Å²) in [5.41, 5.74) is 2.66. The Morgan fingerprint density at radius 3 is 2.71 bits per heavy atom. The Kier molecular flexibility index (Phi) is 4.51. The van der Waals surface area contributed by atoms with Gasteiger partial charge in [0, 0.05) is 12.2 Å². The van der Waals surface area contributed by atoms with E-state index in [1.54, 1.807) is 0 Å². The van der Waals surface area contributed by atoms with E-state index >= 15 is 0 Å². The predicted octanol–water partition coefficient (Wildman–Crippen LogP) is 3.71. The van der Waals surface area contributed by atoms with Gasteiger partial charge in [-0.1, -0.05) is 39.3 Å². The van der Waals surface area contributed by atoms with E-state index in [0.29, 0.717) is 0 Å². The fraction of sp³-hybridized carbons (Fsp3) is 0.538. The van der Waals surface area contributed by atoms with Crippen LogP contribution in [0.3, 0.4) is 0 Å². The maximum Gasteiger partial charge on any atom is 0.0342 e. The minimum absolute atomic E-state index is 0.750. The molecular weight excluding hydrogens is 170 g/mol. The Bertz CT molecular complexity index is 268. The summed E-state index contributed by atoms with van der Waals surface area (Å²) in [5, 5.41) is 3.47. The third-order valence-electron chi connectivity index (χ3n) is 2.69. The van der Waals surface area contributed by atoms with Gasteiger partial charge in [-0.15, -0.1) is 0 Å². The zero-order valence-electron chi connectivity index (χ0n) is 9.51. The van der Waals surface area contributed by atoms with Crippen molar-refractivity contribution >= 4 is 5.69 Å². The van der Waals surface area contributed by atoms with Crippen molar-refractivity contribution in [2.75, 3.05) is 11.9 Å². The molecule has 1 heteroatoms. The molecule has 0 fully saturated rings.